The number of carbonyl (C=O) groups excluding carboxylic acids is 1. The van der Waals surface area contributed by atoms with Crippen LogP contribution < -0.4 is 10.0 Å². The molecule has 1 aromatic carbocycles. The number of thiazole rings is 1. The molecule has 2 fully saturated rings. The third-order valence-corrected chi connectivity index (χ3v) is 10.2. The van der Waals surface area contributed by atoms with Gasteiger partial charge in [-0.2, -0.15) is 0 Å². The minimum atomic E-state index is -3.58. The van der Waals surface area contributed by atoms with Crippen LogP contribution in [0.15, 0.2) is 40.7 Å². The predicted molar refractivity (Wildman–Crippen MR) is 146 cm³/mol. The first kappa shape index (κ1) is 27.2. The zero-order valence-corrected chi connectivity index (χ0v) is 23.2. The number of carbonyl (C=O) groups is 1. The normalized spacial score (nSPS) is 22.6. The van der Waals surface area contributed by atoms with Gasteiger partial charge < -0.3 is 10.2 Å². The van der Waals surface area contributed by atoms with Gasteiger partial charge in [-0.3, -0.25) is 4.79 Å². The minimum absolute atomic E-state index is 0.0186. The second-order valence-corrected chi connectivity index (χ2v) is 12.8. The molecule has 36 heavy (non-hydrogen) atoms. The van der Waals surface area contributed by atoms with Crippen LogP contribution in [-0.2, 0) is 20.2 Å². The number of unbranched alkanes of at least 4 members (excludes halogenated alkanes) is 1. The summed E-state index contributed by atoms with van der Waals surface area (Å²) in [4.78, 5) is 20.4. The van der Waals surface area contributed by atoms with Crippen molar-refractivity contribution in [2.75, 3.05) is 31.5 Å². The van der Waals surface area contributed by atoms with E-state index in [0.29, 0.717) is 23.5 Å². The standard InChI is InChI=1S/C27H40N4O3S2/c1-3-31(4-2)18-9-8-16-29-36(33,34)23-14-12-22(13-15-23)27(25(32)30-26-28-17-19-35-26)20-24(27)21-10-6-5-7-11-21/h12-15,17,19,21,24,29H,3-11,16,18,20H2,1-2H3,(H,28,30,32)/t24-,27-/m0/s1. The number of amides is 1. The molecule has 2 aliphatic carbocycles. The van der Waals surface area contributed by atoms with Gasteiger partial charge >= 0.3 is 0 Å². The van der Waals surface area contributed by atoms with E-state index in [0.717, 1.165) is 44.5 Å². The van der Waals surface area contributed by atoms with Crippen molar-refractivity contribution in [3.8, 4) is 0 Å². The van der Waals surface area contributed by atoms with Crippen molar-refractivity contribution in [1.82, 2.24) is 14.6 Å². The van der Waals surface area contributed by atoms with Gasteiger partial charge in [0, 0.05) is 18.1 Å². The van der Waals surface area contributed by atoms with Crippen molar-refractivity contribution >= 4 is 32.4 Å². The summed E-state index contributed by atoms with van der Waals surface area (Å²) in [5, 5.41) is 5.49. The lowest BCUT2D eigenvalue weighted by Crippen LogP contribution is -2.32. The number of hydrogen-bond donors (Lipinski definition) is 2. The van der Waals surface area contributed by atoms with E-state index in [9.17, 15) is 13.2 Å². The van der Waals surface area contributed by atoms with E-state index in [-0.39, 0.29) is 10.8 Å². The molecule has 1 amide bonds. The first-order valence-electron chi connectivity index (χ1n) is 13.4. The van der Waals surface area contributed by atoms with Gasteiger partial charge in [-0.1, -0.05) is 58.1 Å². The Morgan fingerprint density at radius 1 is 1.11 bits per heavy atom. The highest BCUT2D eigenvalue weighted by atomic mass is 32.2. The molecule has 9 heteroatoms. The van der Waals surface area contributed by atoms with E-state index in [1.165, 1.54) is 43.4 Å². The average Bonchev–Trinajstić information content (AvgIpc) is 3.47. The van der Waals surface area contributed by atoms with Crippen LogP contribution in [0.2, 0.25) is 0 Å². The molecule has 0 unspecified atom stereocenters. The molecule has 2 saturated carbocycles. The highest BCUT2D eigenvalue weighted by molar-refractivity contribution is 7.89. The third-order valence-electron chi connectivity index (χ3n) is 8.06. The van der Waals surface area contributed by atoms with Gasteiger partial charge in [0.1, 0.15) is 0 Å². The number of benzene rings is 1. The fourth-order valence-corrected chi connectivity index (χ4v) is 7.43. The van der Waals surface area contributed by atoms with Crippen LogP contribution in [0.4, 0.5) is 5.13 Å². The molecule has 0 radical (unpaired) electrons. The van der Waals surface area contributed by atoms with Crippen LogP contribution in [0, 0.1) is 11.8 Å². The van der Waals surface area contributed by atoms with E-state index < -0.39 is 15.4 Å². The van der Waals surface area contributed by atoms with Gasteiger partial charge in [0.15, 0.2) is 5.13 Å². The molecule has 2 atom stereocenters. The lowest BCUT2D eigenvalue weighted by atomic mass is 9.80. The maximum atomic E-state index is 13.5. The summed E-state index contributed by atoms with van der Waals surface area (Å²) in [7, 11) is -3.58. The Kier molecular flexibility index (Phi) is 9.19. The number of nitrogens with one attached hydrogen (secondary N) is 2. The molecule has 2 aliphatic rings. The minimum Gasteiger partial charge on any atom is -0.304 e. The average molecular weight is 533 g/mol. The Bertz CT molecular complexity index is 1080. The van der Waals surface area contributed by atoms with Crippen LogP contribution in [0.25, 0.3) is 0 Å². The first-order valence-corrected chi connectivity index (χ1v) is 15.8. The van der Waals surface area contributed by atoms with Crippen LogP contribution in [0.3, 0.4) is 0 Å². The van der Waals surface area contributed by atoms with Crippen molar-refractivity contribution in [2.24, 2.45) is 11.8 Å². The van der Waals surface area contributed by atoms with E-state index >= 15 is 0 Å². The summed E-state index contributed by atoms with van der Waals surface area (Å²) in [5.74, 6) is 0.821. The quantitative estimate of drug-likeness (QED) is 0.354. The van der Waals surface area contributed by atoms with Gasteiger partial charge in [-0.25, -0.2) is 18.1 Å². The second-order valence-electron chi connectivity index (χ2n) is 10.1. The van der Waals surface area contributed by atoms with Gasteiger partial charge in [-0.15, -0.1) is 11.3 Å². The summed E-state index contributed by atoms with van der Waals surface area (Å²) in [6.45, 7) is 7.72. The molecule has 4 rings (SSSR count). The smallest absolute Gasteiger partial charge is 0.240 e. The maximum Gasteiger partial charge on any atom is 0.240 e. The zero-order chi connectivity index (χ0) is 25.6. The van der Waals surface area contributed by atoms with Crippen LogP contribution in [0.5, 0.6) is 0 Å². The molecular weight excluding hydrogens is 492 g/mol. The summed E-state index contributed by atoms with van der Waals surface area (Å²) in [5.41, 5.74) is 0.304. The van der Waals surface area contributed by atoms with E-state index in [2.05, 4.69) is 33.8 Å². The number of hydrogen-bond acceptors (Lipinski definition) is 6. The van der Waals surface area contributed by atoms with E-state index in [1.807, 2.05) is 17.5 Å². The molecule has 0 spiro atoms. The van der Waals surface area contributed by atoms with Crippen molar-refractivity contribution in [3.63, 3.8) is 0 Å². The number of sulfonamides is 1. The van der Waals surface area contributed by atoms with Crippen LogP contribution in [-0.4, -0.2) is 50.4 Å². The van der Waals surface area contributed by atoms with Crippen LogP contribution in [0.1, 0.15) is 70.8 Å². The largest absolute Gasteiger partial charge is 0.304 e. The van der Waals surface area contributed by atoms with Crippen molar-refractivity contribution < 1.29 is 13.2 Å². The van der Waals surface area contributed by atoms with Crippen molar-refractivity contribution in [1.29, 1.82) is 0 Å². The zero-order valence-electron chi connectivity index (χ0n) is 21.5. The van der Waals surface area contributed by atoms with E-state index in [4.69, 9.17) is 0 Å². The van der Waals surface area contributed by atoms with Gasteiger partial charge in [0.05, 0.1) is 10.3 Å². The highest BCUT2D eigenvalue weighted by Crippen LogP contribution is 2.61. The summed E-state index contributed by atoms with van der Waals surface area (Å²) in [6.07, 6.45) is 10.3. The fourth-order valence-electron chi connectivity index (χ4n) is 5.83. The Morgan fingerprint density at radius 2 is 1.83 bits per heavy atom. The molecule has 1 heterocycles. The van der Waals surface area contributed by atoms with Crippen molar-refractivity contribution in [2.45, 2.75) is 75.5 Å². The van der Waals surface area contributed by atoms with Gasteiger partial charge in [0.2, 0.25) is 15.9 Å². The molecule has 198 valence electrons. The molecule has 2 N–H and O–H groups in total. The van der Waals surface area contributed by atoms with E-state index in [1.54, 1.807) is 18.3 Å². The Hall–Kier alpha value is -1.81. The number of anilines is 1. The second kappa shape index (κ2) is 12.2. The molecule has 7 nitrogen and oxygen atoms in total. The lowest BCUT2D eigenvalue weighted by molar-refractivity contribution is -0.119. The Balaban J connectivity index is 1.43. The first-order chi connectivity index (χ1) is 17.4. The Labute approximate surface area is 220 Å². The Morgan fingerprint density at radius 3 is 2.47 bits per heavy atom. The molecule has 0 saturated heterocycles. The number of aromatic nitrogens is 1. The van der Waals surface area contributed by atoms with Crippen LogP contribution >= 0.6 is 11.3 Å². The maximum absolute atomic E-state index is 13.5. The molecule has 1 aromatic heterocycles. The fraction of sp³-hybridized carbons (Fsp3) is 0.630. The summed E-state index contributed by atoms with van der Waals surface area (Å²) >= 11 is 1.41. The number of nitrogens with zero attached hydrogens (tertiary/aromatic N) is 2. The predicted octanol–water partition coefficient (Wildman–Crippen LogP) is 5.02. The number of rotatable bonds is 13. The summed E-state index contributed by atoms with van der Waals surface area (Å²) in [6, 6.07) is 7.00. The summed E-state index contributed by atoms with van der Waals surface area (Å²) < 4.78 is 28.5. The lowest BCUT2D eigenvalue weighted by Gasteiger charge is -2.25. The molecule has 0 bridgehead atoms. The topological polar surface area (TPSA) is 91.4 Å². The van der Waals surface area contributed by atoms with Gasteiger partial charge in [-0.05, 0) is 68.4 Å². The van der Waals surface area contributed by atoms with Gasteiger partial charge in [0.25, 0.3) is 0 Å². The highest BCUT2D eigenvalue weighted by Gasteiger charge is 2.63. The molecule has 2 aromatic rings. The SMILES string of the molecule is CCN(CC)CCCCNS(=O)(=O)c1ccc([C@@]2(C(=O)Nc3nccs3)C[C@H]2C2CCCCC2)cc1. The molecule has 0 aliphatic heterocycles. The van der Waals surface area contributed by atoms with Crippen molar-refractivity contribution in [3.05, 3.63) is 41.4 Å². The molecular formula is C27H40N4O3S2. The monoisotopic (exact) mass is 532 g/mol. The third kappa shape index (κ3) is 6.18.